The van der Waals surface area contributed by atoms with Gasteiger partial charge in [-0.2, -0.15) is 0 Å². The van der Waals surface area contributed by atoms with Gasteiger partial charge in [0.15, 0.2) is 0 Å². The van der Waals surface area contributed by atoms with Crippen LogP contribution in [0.2, 0.25) is 0 Å². The highest BCUT2D eigenvalue weighted by Gasteiger charge is 2.24. The summed E-state index contributed by atoms with van der Waals surface area (Å²) in [6.45, 7) is 5.74. The first-order valence-electron chi connectivity index (χ1n) is 12.3. The number of rotatable bonds is 7. The summed E-state index contributed by atoms with van der Waals surface area (Å²) in [6, 6.07) is 12.2. The number of hydrogen-bond donors (Lipinski definition) is 1. The van der Waals surface area contributed by atoms with Crippen molar-refractivity contribution in [3.8, 4) is 0 Å². The lowest BCUT2D eigenvalue weighted by atomic mass is 10.1. The van der Waals surface area contributed by atoms with Gasteiger partial charge in [0, 0.05) is 69.3 Å². The van der Waals surface area contributed by atoms with Crippen molar-refractivity contribution in [2.45, 2.75) is 13.1 Å². The molecule has 37 heavy (non-hydrogen) atoms. The molecule has 9 nitrogen and oxygen atoms in total. The zero-order valence-electron chi connectivity index (χ0n) is 21.2. The maximum Gasteiger partial charge on any atom is 0.323 e. The molecule has 1 fully saturated rings. The van der Waals surface area contributed by atoms with Gasteiger partial charge >= 0.3 is 6.03 Å². The lowest BCUT2D eigenvalue weighted by Crippen LogP contribution is -2.45. The van der Waals surface area contributed by atoms with Crippen molar-refractivity contribution in [3.63, 3.8) is 0 Å². The van der Waals surface area contributed by atoms with E-state index in [1.807, 2.05) is 25.2 Å². The summed E-state index contributed by atoms with van der Waals surface area (Å²) in [5.74, 6) is 0.498. The number of carbonyl (C=O) groups excluding carboxylic acids is 2. The third-order valence-electron chi connectivity index (χ3n) is 6.90. The molecule has 0 bridgehead atoms. The second-order valence-corrected chi connectivity index (χ2v) is 9.36. The smallest absolute Gasteiger partial charge is 0.323 e. The largest absolute Gasteiger partial charge is 0.379 e. The number of likely N-dealkylation sites (N-methyl/N-ethyl adjacent to an activating group) is 1. The number of hydrogen-bond acceptors (Lipinski definition) is 5. The van der Waals surface area contributed by atoms with Crippen LogP contribution in [0.25, 0.3) is 17.0 Å². The Hall–Kier alpha value is -3.40. The lowest BCUT2D eigenvalue weighted by molar-refractivity contribution is -0.125. The van der Waals surface area contributed by atoms with Crippen LogP contribution in [0.15, 0.2) is 48.7 Å². The molecule has 2 aliphatic heterocycles. The normalized spacial score (nSPS) is 15.9. The number of benzene rings is 1. The van der Waals surface area contributed by atoms with E-state index in [0.717, 1.165) is 60.6 Å². The van der Waals surface area contributed by atoms with Crippen LogP contribution in [0.1, 0.15) is 16.8 Å². The summed E-state index contributed by atoms with van der Waals surface area (Å²) < 4.78 is 7.52. The van der Waals surface area contributed by atoms with E-state index in [2.05, 4.69) is 38.0 Å². The molecular weight excluding hydrogens is 492 g/mol. The van der Waals surface area contributed by atoms with Gasteiger partial charge in [-0.05, 0) is 35.2 Å². The van der Waals surface area contributed by atoms with Crippen molar-refractivity contribution < 1.29 is 14.3 Å². The molecule has 0 radical (unpaired) electrons. The molecule has 3 amide bonds. The second kappa shape index (κ2) is 11.8. The Morgan fingerprint density at radius 3 is 2.76 bits per heavy atom. The monoisotopic (exact) mass is 524 g/mol. The number of anilines is 1. The fourth-order valence-corrected chi connectivity index (χ4v) is 4.69. The number of nitrogens with zero attached hydrogens (tertiary/aromatic N) is 5. The Balaban J connectivity index is 0.00000320. The van der Waals surface area contributed by atoms with Gasteiger partial charge in [0.2, 0.25) is 5.91 Å². The molecule has 2 aliphatic rings. The van der Waals surface area contributed by atoms with Crippen molar-refractivity contribution in [3.05, 3.63) is 65.5 Å². The molecule has 2 aromatic heterocycles. The van der Waals surface area contributed by atoms with Crippen LogP contribution in [-0.4, -0.2) is 82.6 Å². The first kappa shape index (κ1) is 26.7. The zero-order valence-corrected chi connectivity index (χ0v) is 22.0. The van der Waals surface area contributed by atoms with Gasteiger partial charge in [-0.3, -0.25) is 15.0 Å². The van der Waals surface area contributed by atoms with Crippen molar-refractivity contribution >= 4 is 47.1 Å². The van der Waals surface area contributed by atoms with Crippen molar-refractivity contribution in [1.82, 2.24) is 24.3 Å². The van der Waals surface area contributed by atoms with E-state index in [1.54, 1.807) is 35.2 Å². The molecule has 196 valence electrons. The number of morpholine rings is 1. The van der Waals surface area contributed by atoms with Crippen LogP contribution < -0.4 is 5.32 Å². The Kier molecular flexibility index (Phi) is 8.48. The van der Waals surface area contributed by atoms with Crippen LogP contribution in [0.3, 0.4) is 0 Å². The van der Waals surface area contributed by atoms with Gasteiger partial charge in [0.1, 0.15) is 5.82 Å². The molecular formula is C27H33ClN6O3. The summed E-state index contributed by atoms with van der Waals surface area (Å²) in [5.41, 5.74) is 3.98. The highest BCUT2D eigenvalue weighted by Crippen LogP contribution is 2.23. The van der Waals surface area contributed by atoms with Crippen molar-refractivity contribution in [2.24, 2.45) is 7.05 Å². The van der Waals surface area contributed by atoms with E-state index in [9.17, 15) is 9.59 Å². The molecule has 0 atom stereocenters. The summed E-state index contributed by atoms with van der Waals surface area (Å²) in [4.78, 5) is 35.5. The van der Waals surface area contributed by atoms with Crippen LogP contribution in [0.5, 0.6) is 0 Å². The van der Waals surface area contributed by atoms with Crippen LogP contribution in [0, 0.1) is 0 Å². The number of amides is 3. The standard InChI is InChI=1S/C27H32N6O3.ClH/c1-30(19-23-16-21-5-3-4-6-24(21)31(23)2)25(34)8-7-20-15-22-18-33(27(35)29-26(22)28-17-20)10-9-32-11-13-36-14-12-32;/h3-8,15-17H,9-14,18-19H2,1-2H3,(H,28,29,35);1H/b8-7+;. The van der Waals surface area contributed by atoms with Gasteiger partial charge in [0.05, 0.1) is 26.3 Å². The number of nitrogens with one attached hydrogen (secondary N) is 1. The SMILES string of the molecule is CN(Cc1cc2ccccc2n1C)C(=O)/C=C/c1cnc2c(c1)CN(CCN1CCOCC1)C(=O)N2.Cl. The van der Waals surface area contributed by atoms with E-state index in [0.29, 0.717) is 25.5 Å². The van der Waals surface area contributed by atoms with Gasteiger partial charge in [-0.25, -0.2) is 9.78 Å². The summed E-state index contributed by atoms with van der Waals surface area (Å²) in [6.07, 6.45) is 5.03. The fourth-order valence-electron chi connectivity index (χ4n) is 4.69. The Bertz CT molecular complexity index is 1300. The molecule has 3 aromatic rings. The Labute approximate surface area is 223 Å². The van der Waals surface area contributed by atoms with Crippen LogP contribution >= 0.6 is 12.4 Å². The fraction of sp³-hybridized carbons (Fsp3) is 0.370. The van der Waals surface area contributed by atoms with E-state index in [-0.39, 0.29) is 24.3 Å². The van der Waals surface area contributed by atoms with E-state index >= 15 is 0 Å². The third kappa shape index (κ3) is 6.12. The quantitative estimate of drug-likeness (QED) is 0.479. The first-order chi connectivity index (χ1) is 17.5. The molecule has 1 N–H and O–H groups in total. The molecule has 0 unspecified atom stereocenters. The summed E-state index contributed by atoms with van der Waals surface area (Å²) in [7, 11) is 3.82. The number of pyridine rings is 1. The number of para-hydroxylation sites is 1. The number of aryl methyl sites for hydroxylation is 1. The van der Waals surface area contributed by atoms with Gasteiger partial charge in [0.25, 0.3) is 0 Å². The van der Waals surface area contributed by atoms with Gasteiger partial charge in [-0.15, -0.1) is 12.4 Å². The minimum atomic E-state index is -0.128. The minimum absolute atomic E-state index is 0. The Morgan fingerprint density at radius 2 is 1.97 bits per heavy atom. The van der Waals surface area contributed by atoms with Gasteiger partial charge < -0.3 is 19.1 Å². The number of halogens is 1. The molecule has 1 aromatic carbocycles. The number of aromatic nitrogens is 2. The van der Waals surface area contributed by atoms with Gasteiger partial charge in [-0.1, -0.05) is 18.2 Å². The highest BCUT2D eigenvalue weighted by atomic mass is 35.5. The van der Waals surface area contributed by atoms with E-state index in [4.69, 9.17) is 4.74 Å². The molecule has 5 rings (SSSR count). The maximum absolute atomic E-state index is 12.8. The number of fused-ring (bicyclic) bond motifs is 2. The van der Waals surface area contributed by atoms with Crippen molar-refractivity contribution in [2.75, 3.05) is 51.8 Å². The Morgan fingerprint density at radius 1 is 1.19 bits per heavy atom. The van der Waals surface area contributed by atoms with E-state index in [1.165, 1.54) is 0 Å². The van der Waals surface area contributed by atoms with Crippen molar-refractivity contribution in [1.29, 1.82) is 0 Å². The summed E-state index contributed by atoms with van der Waals surface area (Å²) in [5, 5.41) is 4.05. The number of ether oxygens (including phenoxy) is 1. The molecule has 0 aliphatic carbocycles. The summed E-state index contributed by atoms with van der Waals surface area (Å²) >= 11 is 0. The van der Waals surface area contributed by atoms with Crippen LogP contribution in [0.4, 0.5) is 10.6 Å². The maximum atomic E-state index is 12.8. The molecule has 4 heterocycles. The lowest BCUT2D eigenvalue weighted by Gasteiger charge is -2.32. The zero-order chi connectivity index (χ0) is 25.1. The number of carbonyl (C=O) groups is 2. The highest BCUT2D eigenvalue weighted by molar-refractivity contribution is 5.93. The topological polar surface area (TPSA) is 82.9 Å². The van der Waals surface area contributed by atoms with Crippen LogP contribution in [-0.2, 0) is 29.7 Å². The number of urea groups is 1. The minimum Gasteiger partial charge on any atom is -0.379 e. The third-order valence-corrected chi connectivity index (χ3v) is 6.90. The predicted molar refractivity (Wildman–Crippen MR) is 147 cm³/mol. The second-order valence-electron chi connectivity index (χ2n) is 9.36. The molecule has 1 saturated heterocycles. The average molecular weight is 525 g/mol. The molecule has 0 saturated carbocycles. The molecule has 10 heteroatoms. The average Bonchev–Trinajstić information content (AvgIpc) is 3.21. The first-order valence-corrected chi connectivity index (χ1v) is 12.3. The molecule has 0 spiro atoms. The van der Waals surface area contributed by atoms with E-state index < -0.39 is 0 Å². The predicted octanol–water partition coefficient (Wildman–Crippen LogP) is 3.35.